The fourth-order valence-corrected chi connectivity index (χ4v) is 4.23. The lowest BCUT2D eigenvalue weighted by atomic mass is 9.80. The summed E-state index contributed by atoms with van der Waals surface area (Å²) in [6.45, 7) is 6.35. The highest BCUT2D eigenvalue weighted by atomic mass is 32.1. The average molecular weight is 460 g/mol. The fourth-order valence-electron chi connectivity index (χ4n) is 3.79. The summed E-state index contributed by atoms with van der Waals surface area (Å²) < 4.78 is 41.7. The van der Waals surface area contributed by atoms with Crippen molar-refractivity contribution in [2.75, 3.05) is 44.3 Å². The summed E-state index contributed by atoms with van der Waals surface area (Å²) >= 11 is 1.42. The Labute approximate surface area is 181 Å². The first-order valence-electron chi connectivity index (χ1n) is 9.66. The van der Waals surface area contributed by atoms with Gasteiger partial charge in [0.05, 0.1) is 18.9 Å². The highest BCUT2D eigenvalue weighted by Gasteiger charge is 2.40. The van der Waals surface area contributed by atoms with Crippen LogP contribution in [0.2, 0.25) is 0 Å². The van der Waals surface area contributed by atoms with Gasteiger partial charge in [0.1, 0.15) is 0 Å². The molecule has 2 aliphatic heterocycles. The van der Waals surface area contributed by atoms with Crippen LogP contribution in [0, 0.1) is 5.41 Å². The van der Waals surface area contributed by atoms with Gasteiger partial charge in [0.15, 0.2) is 0 Å². The SMILES string of the molecule is O=C(O)C(F)(F)F.c1cnc(N2CCOCC3(CCCN(Cc4csnn4)C3)C2)nc1. The van der Waals surface area contributed by atoms with Gasteiger partial charge in [-0.25, -0.2) is 14.8 Å². The number of likely N-dealkylation sites (tertiary alicyclic amines) is 1. The number of hydrogen-bond donors (Lipinski definition) is 1. The van der Waals surface area contributed by atoms with Crippen LogP contribution in [-0.4, -0.2) is 81.1 Å². The Hall–Kier alpha value is -2.38. The zero-order chi connectivity index (χ0) is 22.3. The molecule has 1 spiro atoms. The van der Waals surface area contributed by atoms with Gasteiger partial charge < -0.3 is 14.7 Å². The van der Waals surface area contributed by atoms with Crippen LogP contribution in [-0.2, 0) is 16.1 Å². The molecule has 0 aliphatic carbocycles. The lowest BCUT2D eigenvalue weighted by Crippen LogP contribution is -2.50. The molecule has 1 atom stereocenters. The summed E-state index contributed by atoms with van der Waals surface area (Å²) in [7, 11) is 0. The molecule has 2 aliphatic rings. The van der Waals surface area contributed by atoms with E-state index in [1.807, 2.05) is 23.8 Å². The topological polar surface area (TPSA) is 105 Å². The van der Waals surface area contributed by atoms with Crippen LogP contribution in [0.15, 0.2) is 23.8 Å². The van der Waals surface area contributed by atoms with Crippen molar-refractivity contribution in [3.05, 3.63) is 29.5 Å². The summed E-state index contributed by atoms with van der Waals surface area (Å²) in [5, 5.41) is 13.4. The number of hydrogen-bond acceptors (Lipinski definition) is 9. The minimum atomic E-state index is -5.08. The molecule has 9 nitrogen and oxygen atoms in total. The summed E-state index contributed by atoms with van der Waals surface area (Å²) in [6.07, 6.45) is 0.902. The van der Waals surface area contributed by atoms with E-state index in [1.165, 1.54) is 24.4 Å². The number of carboxylic acid groups (broad SMARTS) is 1. The second-order valence-electron chi connectivity index (χ2n) is 7.54. The van der Waals surface area contributed by atoms with Crippen molar-refractivity contribution >= 4 is 23.5 Å². The third-order valence-electron chi connectivity index (χ3n) is 5.05. The molecule has 2 fully saturated rings. The van der Waals surface area contributed by atoms with E-state index in [0.29, 0.717) is 0 Å². The van der Waals surface area contributed by atoms with Crippen LogP contribution in [0.5, 0.6) is 0 Å². The molecule has 0 amide bonds. The van der Waals surface area contributed by atoms with Crippen LogP contribution in [0.4, 0.5) is 19.1 Å². The molecule has 2 saturated heterocycles. The molecule has 2 aromatic rings. The molecule has 1 unspecified atom stereocenters. The molecule has 2 aromatic heterocycles. The lowest BCUT2D eigenvalue weighted by Gasteiger charge is -2.43. The fraction of sp³-hybridized carbons (Fsp3) is 0.611. The number of piperidine rings is 1. The number of anilines is 1. The van der Waals surface area contributed by atoms with Gasteiger partial charge >= 0.3 is 12.1 Å². The Kier molecular flexibility index (Phi) is 7.73. The van der Waals surface area contributed by atoms with E-state index in [1.54, 1.807) is 0 Å². The second kappa shape index (κ2) is 10.3. The number of aromatic nitrogens is 4. The Morgan fingerprint density at radius 2 is 2.00 bits per heavy atom. The lowest BCUT2D eigenvalue weighted by molar-refractivity contribution is -0.192. The van der Waals surface area contributed by atoms with Gasteiger partial charge in [-0.3, -0.25) is 4.90 Å². The zero-order valence-electron chi connectivity index (χ0n) is 16.7. The molecular formula is C18H23F3N6O3S. The van der Waals surface area contributed by atoms with Crippen LogP contribution in [0.3, 0.4) is 0 Å². The highest BCUT2D eigenvalue weighted by Crippen LogP contribution is 2.34. The van der Waals surface area contributed by atoms with E-state index < -0.39 is 12.1 Å². The Morgan fingerprint density at radius 1 is 1.26 bits per heavy atom. The van der Waals surface area contributed by atoms with E-state index >= 15 is 0 Å². The Balaban J connectivity index is 0.000000339. The largest absolute Gasteiger partial charge is 0.490 e. The first-order chi connectivity index (χ1) is 14.8. The Bertz CT molecular complexity index is 827. The number of rotatable bonds is 3. The molecule has 0 aromatic carbocycles. The van der Waals surface area contributed by atoms with Crippen molar-refractivity contribution in [1.82, 2.24) is 24.5 Å². The number of halogens is 3. The van der Waals surface area contributed by atoms with Gasteiger partial charge in [0.2, 0.25) is 5.95 Å². The molecule has 31 heavy (non-hydrogen) atoms. The standard InChI is InChI=1S/C16H22N6OS.C2HF3O2/c1-3-16(11-21(6-1)9-14-10-24-20-19-14)12-22(7-8-23-13-16)15-17-4-2-5-18-15;3-2(4,5)1(6)7/h2,4-5,10H,1,3,6-9,11-13H2;(H,6,7). The maximum Gasteiger partial charge on any atom is 0.490 e. The molecule has 4 rings (SSSR count). The van der Waals surface area contributed by atoms with Crippen molar-refractivity contribution in [2.45, 2.75) is 25.6 Å². The normalized spacial score (nSPS) is 22.5. The van der Waals surface area contributed by atoms with E-state index in [4.69, 9.17) is 14.6 Å². The number of nitrogens with zero attached hydrogens (tertiary/aromatic N) is 6. The van der Waals surface area contributed by atoms with Gasteiger partial charge in [-0.05, 0) is 37.0 Å². The Morgan fingerprint density at radius 3 is 2.65 bits per heavy atom. The molecule has 0 bridgehead atoms. The van der Waals surface area contributed by atoms with E-state index in [9.17, 15) is 13.2 Å². The van der Waals surface area contributed by atoms with Gasteiger partial charge in [0.25, 0.3) is 0 Å². The third-order valence-corrected chi connectivity index (χ3v) is 5.60. The van der Waals surface area contributed by atoms with Crippen molar-refractivity contribution < 1.29 is 27.8 Å². The number of alkyl halides is 3. The van der Waals surface area contributed by atoms with Crippen molar-refractivity contribution in [2.24, 2.45) is 5.41 Å². The van der Waals surface area contributed by atoms with Crippen molar-refractivity contribution in [3.63, 3.8) is 0 Å². The molecular weight excluding hydrogens is 437 g/mol. The predicted molar refractivity (Wildman–Crippen MR) is 106 cm³/mol. The van der Waals surface area contributed by atoms with Gasteiger partial charge in [-0.15, -0.1) is 5.10 Å². The van der Waals surface area contributed by atoms with E-state index in [2.05, 4.69) is 29.4 Å². The maximum atomic E-state index is 10.6. The quantitative estimate of drug-likeness (QED) is 0.737. The van der Waals surface area contributed by atoms with Gasteiger partial charge in [0, 0.05) is 49.4 Å². The summed E-state index contributed by atoms with van der Waals surface area (Å²) in [6, 6.07) is 1.86. The minimum absolute atomic E-state index is 0.136. The van der Waals surface area contributed by atoms with Crippen molar-refractivity contribution in [3.8, 4) is 0 Å². The molecule has 13 heteroatoms. The van der Waals surface area contributed by atoms with E-state index in [0.717, 1.165) is 57.6 Å². The van der Waals surface area contributed by atoms with Crippen LogP contribution < -0.4 is 4.90 Å². The molecule has 0 radical (unpaired) electrons. The minimum Gasteiger partial charge on any atom is -0.475 e. The number of aliphatic carboxylic acids is 1. The molecule has 1 N–H and O–H groups in total. The smallest absolute Gasteiger partial charge is 0.475 e. The second-order valence-corrected chi connectivity index (χ2v) is 8.15. The number of ether oxygens (including phenoxy) is 1. The summed E-state index contributed by atoms with van der Waals surface area (Å²) in [5.41, 5.74) is 1.20. The summed E-state index contributed by atoms with van der Waals surface area (Å²) in [4.78, 5) is 22.5. The first kappa shape index (κ1) is 23.3. The van der Waals surface area contributed by atoms with E-state index in [-0.39, 0.29) is 5.41 Å². The molecule has 170 valence electrons. The molecule has 0 saturated carbocycles. The number of carbonyl (C=O) groups is 1. The monoisotopic (exact) mass is 460 g/mol. The molecule has 4 heterocycles. The van der Waals surface area contributed by atoms with Gasteiger partial charge in [-0.1, -0.05) is 4.49 Å². The first-order valence-corrected chi connectivity index (χ1v) is 10.5. The highest BCUT2D eigenvalue weighted by molar-refractivity contribution is 7.03. The van der Waals surface area contributed by atoms with Gasteiger partial charge in [-0.2, -0.15) is 13.2 Å². The van der Waals surface area contributed by atoms with Crippen LogP contribution >= 0.6 is 11.5 Å². The maximum absolute atomic E-state index is 10.6. The third kappa shape index (κ3) is 6.80. The number of carboxylic acids is 1. The van der Waals surface area contributed by atoms with Crippen LogP contribution in [0.25, 0.3) is 0 Å². The predicted octanol–water partition coefficient (Wildman–Crippen LogP) is 2.08. The summed E-state index contributed by atoms with van der Waals surface area (Å²) in [5.74, 6) is -1.95. The average Bonchev–Trinajstić information content (AvgIpc) is 3.16. The zero-order valence-corrected chi connectivity index (χ0v) is 17.5. The van der Waals surface area contributed by atoms with Crippen molar-refractivity contribution in [1.29, 1.82) is 0 Å². The van der Waals surface area contributed by atoms with Crippen LogP contribution in [0.1, 0.15) is 18.5 Å².